The summed E-state index contributed by atoms with van der Waals surface area (Å²) in [6.07, 6.45) is 1.80. The fourth-order valence-electron chi connectivity index (χ4n) is 3.61. The summed E-state index contributed by atoms with van der Waals surface area (Å²) >= 11 is 0. The minimum Gasteiger partial charge on any atom is -0.392 e. The van der Waals surface area contributed by atoms with Crippen LogP contribution in [0.15, 0.2) is 24.3 Å². The number of nitrogens with zero attached hydrogens (tertiary/aromatic N) is 1. The topological polar surface area (TPSA) is 61.8 Å². The van der Waals surface area contributed by atoms with Crippen molar-refractivity contribution < 1.29 is 19.0 Å². The molecule has 2 aliphatic rings. The van der Waals surface area contributed by atoms with Crippen LogP contribution >= 0.6 is 0 Å². The van der Waals surface area contributed by atoms with Crippen molar-refractivity contribution in [3.8, 4) is 0 Å². The van der Waals surface area contributed by atoms with Gasteiger partial charge in [-0.3, -0.25) is 9.69 Å². The summed E-state index contributed by atoms with van der Waals surface area (Å²) in [4.78, 5) is 14.6. The molecule has 1 saturated carbocycles. The summed E-state index contributed by atoms with van der Waals surface area (Å²) in [5.74, 6) is -0.651. The van der Waals surface area contributed by atoms with Gasteiger partial charge in [-0.1, -0.05) is 12.1 Å². The molecule has 3 atom stereocenters. The number of hydrogen-bond acceptors (Lipinski definition) is 4. The molecule has 2 N–H and O–H groups in total. The van der Waals surface area contributed by atoms with E-state index in [0.717, 1.165) is 31.5 Å². The number of hydrogen-bond donors (Lipinski definition) is 2. The van der Waals surface area contributed by atoms with E-state index in [-0.39, 0.29) is 23.7 Å². The van der Waals surface area contributed by atoms with Crippen molar-refractivity contribution in [1.29, 1.82) is 0 Å². The maximum Gasteiger partial charge on any atom is 0.225 e. The standard InChI is InChI=1S/C18H25FN2O3/c19-14-6-4-13(5-7-14)16(21-8-10-24-11-9-21)12-20-18(23)15-2-1-3-17(15)22/h4-7,15-17,22H,1-3,8-12H2,(H,20,23). The van der Waals surface area contributed by atoms with Crippen LogP contribution in [-0.4, -0.2) is 54.9 Å². The molecular weight excluding hydrogens is 311 g/mol. The molecule has 132 valence electrons. The Balaban J connectivity index is 1.67. The summed E-state index contributed by atoms with van der Waals surface area (Å²) in [5.41, 5.74) is 0.977. The third-order valence-electron chi connectivity index (χ3n) is 5.03. The lowest BCUT2D eigenvalue weighted by atomic mass is 10.0. The highest BCUT2D eigenvalue weighted by Crippen LogP contribution is 2.26. The molecule has 1 saturated heterocycles. The van der Waals surface area contributed by atoms with Crippen LogP contribution in [0.25, 0.3) is 0 Å². The van der Waals surface area contributed by atoms with Gasteiger partial charge in [-0.15, -0.1) is 0 Å². The zero-order valence-electron chi connectivity index (χ0n) is 13.8. The number of aliphatic hydroxyl groups excluding tert-OH is 1. The van der Waals surface area contributed by atoms with Gasteiger partial charge >= 0.3 is 0 Å². The van der Waals surface area contributed by atoms with Crippen LogP contribution in [0.5, 0.6) is 0 Å². The number of nitrogens with one attached hydrogen (secondary N) is 1. The first-order valence-corrected chi connectivity index (χ1v) is 8.68. The summed E-state index contributed by atoms with van der Waals surface area (Å²) in [5, 5.41) is 12.9. The molecule has 24 heavy (non-hydrogen) atoms. The van der Waals surface area contributed by atoms with E-state index in [0.29, 0.717) is 26.2 Å². The molecule has 1 aromatic rings. The predicted octanol–water partition coefficient (Wildman–Crippen LogP) is 1.48. The first-order valence-electron chi connectivity index (χ1n) is 8.68. The Morgan fingerprint density at radius 2 is 2.00 bits per heavy atom. The first-order chi connectivity index (χ1) is 11.6. The second kappa shape index (κ2) is 8.05. The van der Waals surface area contributed by atoms with Gasteiger partial charge in [0, 0.05) is 19.6 Å². The van der Waals surface area contributed by atoms with E-state index in [4.69, 9.17) is 4.74 Å². The van der Waals surface area contributed by atoms with Crippen LogP contribution in [0.2, 0.25) is 0 Å². The number of carbonyl (C=O) groups is 1. The minimum absolute atomic E-state index is 0.0167. The van der Waals surface area contributed by atoms with Crippen molar-refractivity contribution in [3.63, 3.8) is 0 Å². The number of carbonyl (C=O) groups excluding carboxylic acids is 1. The van der Waals surface area contributed by atoms with E-state index in [2.05, 4.69) is 10.2 Å². The molecule has 0 bridgehead atoms. The fourth-order valence-corrected chi connectivity index (χ4v) is 3.61. The van der Waals surface area contributed by atoms with Crippen molar-refractivity contribution in [1.82, 2.24) is 10.2 Å². The van der Waals surface area contributed by atoms with E-state index >= 15 is 0 Å². The Labute approximate surface area is 141 Å². The average molecular weight is 336 g/mol. The quantitative estimate of drug-likeness (QED) is 0.855. The SMILES string of the molecule is O=C(NCC(c1ccc(F)cc1)N1CCOCC1)C1CCCC1O. The molecule has 0 radical (unpaired) electrons. The molecule has 1 amide bonds. The van der Waals surface area contributed by atoms with Crippen LogP contribution < -0.4 is 5.32 Å². The van der Waals surface area contributed by atoms with Gasteiger partial charge in [0.05, 0.1) is 31.3 Å². The number of aliphatic hydroxyl groups is 1. The number of benzene rings is 1. The zero-order valence-corrected chi connectivity index (χ0v) is 13.8. The Morgan fingerprint density at radius 1 is 1.29 bits per heavy atom. The maximum atomic E-state index is 13.2. The number of ether oxygens (including phenoxy) is 1. The second-order valence-corrected chi connectivity index (χ2v) is 6.57. The molecule has 1 aliphatic heterocycles. The zero-order chi connectivity index (χ0) is 16.9. The lowest BCUT2D eigenvalue weighted by Gasteiger charge is -2.35. The highest BCUT2D eigenvalue weighted by atomic mass is 19.1. The lowest BCUT2D eigenvalue weighted by Crippen LogP contribution is -2.45. The van der Waals surface area contributed by atoms with Gasteiger partial charge < -0.3 is 15.2 Å². The van der Waals surface area contributed by atoms with Gasteiger partial charge in [0.1, 0.15) is 5.82 Å². The number of amides is 1. The van der Waals surface area contributed by atoms with Gasteiger partial charge in [0.15, 0.2) is 0 Å². The first kappa shape index (κ1) is 17.3. The number of halogens is 1. The van der Waals surface area contributed by atoms with Gasteiger partial charge in [0.2, 0.25) is 5.91 Å². The van der Waals surface area contributed by atoms with Crippen molar-refractivity contribution >= 4 is 5.91 Å². The third-order valence-corrected chi connectivity index (χ3v) is 5.03. The minimum atomic E-state index is -0.530. The third kappa shape index (κ3) is 4.12. The average Bonchev–Trinajstić information content (AvgIpc) is 3.03. The molecule has 0 aromatic heterocycles. The second-order valence-electron chi connectivity index (χ2n) is 6.57. The fraction of sp³-hybridized carbons (Fsp3) is 0.611. The van der Waals surface area contributed by atoms with E-state index < -0.39 is 6.10 Å². The van der Waals surface area contributed by atoms with Crippen LogP contribution in [-0.2, 0) is 9.53 Å². The van der Waals surface area contributed by atoms with Crippen molar-refractivity contribution in [2.24, 2.45) is 5.92 Å². The number of rotatable bonds is 5. The van der Waals surface area contributed by atoms with E-state index in [1.807, 2.05) is 0 Å². The predicted molar refractivity (Wildman–Crippen MR) is 87.9 cm³/mol. The van der Waals surface area contributed by atoms with Crippen LogP contribution in [0.3, 0.4) is 0 Å². The summed E-state index contributed by atoms with van der Waals surface area (Å²) in [6.45, 7) is 3.33. The van der Waals surface area contributed by atoms with Crippen molar-refractivity contribution in [3.05, 3.63) is 35.6 Å². The van der Waals surface area contributed by atoms with Crippen LogP contribution in [0.1, 0.15) is 30.9 Å². The summed E-state index contributed by atoms with van der Waals surface area (Å²) in [6, 6.07) is 6.42. The Kier molecular flexibility index (Phi) is 5.81. The molecule has 0 spiro atoms. The molecule has 3 unspecified atom stereocenters. The molecule has 6 heteroatoms. The monoisotopic (exact) mass is 336 g/mol. The molecule has 1 aromatic carbocycles. The Morgan fingerprint density at radius 3 is 2.62 bits per heavy atom. The smallest absolute Gasteiger partial charge is 0.225 e. The summed E-state index contributed by atoms with van der Waals surface area (Å²) in [7, 11) is 0. The van der Waals surface area contributed by atoms with Gasteiger partial charge in [-0.05, 0) is 37.0 Å². The summed E-state index contributed by atoms with van der Waals surface area (Å²) < 4.78 is 18.6. The number of morpholine rings is 1. The normalized spacial score (nSPS) is 26.2. The van der Waals surface area contributed by atoms with E-state index in [1.54, 1.807) is 12.1 Å². The molecule has 1 heterocycles. The molecule has 1 aliphatic carbocycles. The van der Waals surface area contributed by atoms with E-state index in [9.17, 15) is 14.3 Å². The van der Waals surface area contributed by atoms with E-state index in [1.165, 1.54) is 12.1 Å². The molecular formula is C18H25FN2O3. The van der Waals surface area contributed by atoms with Crippen LogP contribution in [0, 0.1) is 11.7 Å². The van der Waals surface area contributed by atoms with Gasteiger partial charge in [-0.25, -0.2) is 4.39 Å². The van der Waals surface area contributed by atoms with Crippen LogP contribution in [0.4, 0.5) is 4.39 Å². The Hall–Kier alpha value is -1.50. The van der Waals surface area contributed by atoms with Crippen molar-refractivity contribution in [2.75, 3.05) is 32.8 Å². The van der Waals surface area contributed by atoms with Crippen molar-refractivity contribution in [2.45, 2.75) is 31.4 Å². The highest BCUT2D eigenvalue weighted by molar-refractivity contribution is 5.79. The molecule has 5 nitrogen and oxygen atoms in total. The van der Waals surface area contributed by atoms with Gasteiger partial charge in [-0.2, -0.15) is 0 Å². The van der Waals surface area contributed by atoms with Gasteiger partial charge in [0.25, 0.3) is 0 Å². The largest absolute Gasteiger partial charge is 0.392 e. The maximum absolute atomic E-state index is 13.2. The lowest BCUT2D eigenvalue weighted by molar-refractivity contribution is -0.127. The molecule has 3 rings (SSSR count). The molecule has 2 fully saturated rings. The highest BCUT2D eigenvalue weighted by Gasteiger charge is 2.32. The Bertz CT molecular complexity index is 546.